The summed E-state index contributed by atoms with van der Waals surface area (Å²) in [5.41, 5.74) is 2.82. The van der Waals surface area contributed by atoms with Crippen LogP contribution in [0, 0.1) is 13.8 Å². The lowest BCUT2D eigenvalue weighted by Gasteiger charge is -2.03. The van der Waals surface area contributed by atoms with Crippen LogP contribution in [0.2, 0.25) is 0 Å². The van der Waals surface area contributed by atoms with E-state index >= 15 is 0 Å². The molecule has 84 valence electrons. The zero-order valence-corrected chi connectivity index (χ0v) is 9.42. The van der Waals surface area contributed by atoms with Crippen molar-refractivity contribution in [1.29, 1.82) is 0 Å². The predicted octanol–water partition coefficient (Wildman–Crippen LogP) is 2.49. The summed E-state index contributed by atoms with van der Waals surface area (Å²) in [5, 5.41) is 9.84. The van der Waals surface area contributed by atoms with Crippen molar-refractivity contribution in [3.8, 4) is 5.75 Å². The third kappa shape index (κ3) is 1.43. The van der Waals surface area contributed by atoms with E-state index in [0.29, 0.717) is 22.4 Å². The number of ether oxygens (including phenoxy) is 1. The fraction of sp³-hybridized carbons (Fsp3) is 0.250. The van der Waals surface area contributed by atoms with Gasteiger partial charge < -0.3 is 14.8 Å². The summed E-state index contributed by atoms with van der Waals surface area (Å²) in [5.74, 6) is -0.247. The highest BCUT2D eigenvalue weighted by Crippen LogP contribution is 2.29. The Morgan fingerprint density at radius 1 is 1.38 bits per heavy atom. The molecule has 0 aliphatic rings. The first-order valence-corrected chi connectivity index (χ1v) is 4.94. The number of fused-ring (bicyclic) bond motifs is 1. The summed E-state index contributed by atoms with van der Waals surface area (Å²) < 4.78 is 5.14. The molecule has 0 aliphatic heterocycles. The van der Waals surface area contributed by atoms with Gasteiger partial charge in [0.15, 0.2) is 0 Å². The Hall–Kier alpha value is -1.97. The summed E-state index contributed by atoms with van der Waals surface area (Å²) in [6.07, 6.45) is 0. The Morgan fingerprint density at radius 3 is 2.62 bits per heavy atom. The number of carboxylic acid groups (broad SMARTS) is 1. The molecule has 1 aromatic heterocycles. The van der Waals surface area contributed by atoms with Crippen molar-refractivity contribution in [2.45, 2.75) is 13.8 Å². The second-order valence-electron chi connectivity index (χ2n) is 3.80. The molecule has 4 nitrogen and oxygen atoms in total. The van der Waals surface area contributed by atoms with Gasteiger partial charge in [0.1, 0.15) is 5.75 Å². The Kier molecular flexibility index (Phi) is 2.34. The van der Waals surface area contributed by atoms with Gasteiger partial charge in [-0.2, -0.15) is 0 Å². The van der Waals surface area contributed by atoms with E-state index in [2.05, 4.69) is 4.98 Å². The van der Waals surface area contributed by atoms with Gasteiger partial charge in [0.25, 0.3) is 0 Å². The van der Waals surface area contributed by atoms with Crippen LogP contribution in [0.3, 0.4) is 0 Å². The van der Waals surface area contributed by atoms with Gasteiger partial charge in [-0.05, 0) is 31.5 Å². The van der Waals surface area contributed by atoms with Crippen molar-refractivity contribution in [3.63, 3.8) is 0 Å². The topological polar surface area (TPSA) is 62.3 Å². The molecule has 2 N–H and O–H groups in total. The number of aromatic amines is 1. The van der Waals surface area contributed by atoms with Gasteiger partial charge in [0.2, 0.25) is 0 Å². The third-order valence-corrected chi connectivity index (χ3v) is 2.72. The SMILES string of the molecule is COc1cc(C)c2[nH]c(C)c(C(=O)O)c2c1. The van der Waals surface area contributed by atoms with Crippen LogP contribution in [0.15, 0.2) is 12.1 Å². The van der Waals surface area contributed by atoms with Crippen LogP contribution in [0.25, 0.3) is 10.9 Å². The van der Waals surface area contributed by atoms with Crippen LogP contribution < -0.4 is 4.74 Å². The monoisotopic (exact) mass is 219 g/mol. The number of hydrogen-bond donors (Lipinski definition) is 2. The lowest BCUT2D eigenvalue weighted by atomic mass is 10.1. The number of nitrogens with one attached hydrogen (secondary N) is 1. The van der Waals surface area contributed by atoms with Crippen LogP contribution in [0.4, 0.5) is 0 Å². The van der Waals surface area contributed by atoms with Crippen molar-refractivity contribution >= 4 is 16.9 Å². The minimum atomic E-state index is -0.920. The largest absolute Gasteiger partial charge is 0.497 e. The summed E-state index contributed by atoms with van der Waals surface area (Å²) >= 11 is 0. The molecule has 1 heterocycles. The van der Waals surface area contributed by atoms with E-state index in [1.807, 2.05) is 13.0 Å². The summed E-state index contributed by atoms with van der Waals surface area (Å²) in [6, 6.07) is 3.62. The van der Waals surface area contributed by atoms with Crippen LogP contribution in [-0.2, 0) is 0 Å². The van der Waals surface area contributed by atoms with Gasteiger partial charge in [-0.3, -0.25) is 0 Å². The number of carbonyl (C=O) groups is 1. The number of rotatable bonds is 2. The van der Waals surface area contributed by atoms with E-state index < -0.39 is 5.97 Å². The molecule has 0 aliphatic carbocycles. The smallest absolute Gasteiger partial charge is 0.338 e. The van der Waals surface area contributed by atoms with Crippen molar-refractivity contribution in [2.24, 2.45) is 0 Å². The van der Waals surface area contributed by atoms with E-state index in [0.717, 1.165) is 11.1 Å². The Bertz CT molecular complexity index is 569. The number of methoxy groups -OCH3 is 1. The standard InChI is InChI=1S/C12H13NO3/c1-6-4-8(16-3)5-9-10(12(14)15)7(2)13-11(6)9/h4-5,13H,1-3H3,(H,14,15). The lowest BCUT2D eigenvalue weighted by molar-refractivity contribution is 0.0698. The summed E-state index contributed by atoms with van der Waals surface area (Å²) in [6.45, 7) is 3.68. The zero-order chi connectivity index (χ0) is 11.9. The van der Waals surface area contributed by atoms with E-state index in [1.165, 1.54) is 0 Å². The number of carboxylic acids is 1. The molecule has 0 amide bonds. The molecule has 2 rings (SSSR count). The van der Waals surface area contributed by atoms with Crippen molar-refractivity contribution in [1.82, 2.24) is 4.98 Å². The molecule has 0 saturated carbocycles. The Balaban J connectivity index is 2.86. The van der Waals surface area contributed by atoms with Gasteiger partial charge in [-0.1, -0.05) is 0 Å². The molecular formula is C12H13NO3. The molecule has 0 atom stereocenters. The zero-order valence-electron chi connectivity index (χ0n) is 9.42. The number of hydrogen-bond acceptors (Lipinski definition) is 2. The molecular weight excluding hydrogens is 206 g/mol. The fourth-order valence-corrected chi connectivity index (χ4v) is 1.96. The summed E-state index contributed by atoms with van der Waals surface area (Å²) in [7, 11) is 1.57. The van der Waals surface area contributed by atoms with Gasteiger partial charge in [0, 0.05) is 16.6 Å². The third-order valence-electron chi connectivity index (χ3n) is 2.72. The molecule has 4 heteroatoms. The van der Waals surface area contributed by atoms with Crippen LogP contribution in [-0.4, -0.2) is 23.2 Å². The normalized spacial score (nSPS) is 10.7. The molecule has 0 radical (unpaired) electrons. The molecule has 16 heavy (non-hydrogen) atoms. The van der Waals surface area contributed by atoms with Crippen molar-refractivity contribution in [2.75, 3.05) is 7.11 Å². The van der Waals surface area contributed by atoms with E-state index in [9.17, 15) is 4.79 Å². The van der Waals surface area contributed by atoms with Gasteiger partial charge in [-0.15, -0.1) is 0 Å². The molecule has 0 fully saturated rings. The predicted molar refractivity (Wildman–Crippen MR) is 61.3 cm³/mol. The lowest BCUT2D eigenvalue weighted by Crippen LogP contribution is -1.97. The maximum absolute atomic E-state index is 11.1. The van der Waals surface area contributed by atoms with E-state index in [1.54, 1.807) is 20.1 Å². The summed E-state index contributed by atoms with van der Waals surface area (Å²) in [4.78, 5) is 14.2. The Labute approximate surface area is 92.9 Å². The van der Waals surface area contributed by atoms with Crippen LogP contribution in [0.5, 0.6) is 5.75 Å². The van der Waals surface area contributed by atoms with E-state index in [-0.39, 0.29) is 0 Å². The molecule has 0 saturated heterocycles. The number of H-pyrrole nitrogens is 1. The fourth-order valence-electron chi connectivity index (χ4n) is 1.96. The number of aromatic nitrogens is 1. The average Bonchev–Trinajstić information content (AvgIpc) is 2.54. The quantitative estimate of drug-likeness (QED) is 0.815. The molecule has 2 aromatic rings. The first-order valence-electron chi connectivity index (χ1n) is 4.94. The molecule has 0 spiro atoms. The van der Waals surface area contributed by atoms with Crippen LogP contribution >= 0.6 is 0 Å². The Morgan fingerprint density at radius 2 is 2.06 bits per heavy atom. The number of aryl methyl sites for hydroxylation is 2. The molecule has 0 unspecified atom stereocenters. The number of benzene rings is 1. The minimum absolute atomic E-state index is 0.317. The maximum Gasteiger partial charge on any atom is 0.338 e. The highest BCUT2D eigenvalue weighted by molar-refractivity contribution is 6.05. The van der Waals surface area contributed by atoms with Crippen molar-refractivity contribution < 1.29 is 14.6 Å². The second kappa shape index (κ2) is 3.56. The van der Waals surface area contributed by atoms with Crippen LogP contribution in [0.1, 0.15) is 21.6 Å². The van der Waals surface area contributed by atoms with Gasteiger partial charge >= 0.3 is 5.97 Å². The second-order valence-corrected chi connectivity index (χ2v) is 3.80. The van der Waals surface area contributed by atoms with Gasteiger partial charge in [-0.25, -0.2) is 4.79 Å². The van der Waals surface area contributed by atoms with Crippen molar-refractivity contribution in [3.05, 3.63) is 29.0 Å². The molecule has 0 bridgehead atoms. The van der Waals surface area contributed by atoms with E-state index in [4.69, 9.17) is 9.84 Å². The molecule has 1 aromatic carbocycles. The average molecular weight is 219 g/mol. The first kappa shape index (κ1) is 10.5. The maximum atomic E-state index is 11.1. The number of aromatic carboxylic acids is 1. The minimum Gasteiger partial charge on any atom is -0.497 e. The van der Waals surface area contributed by atoms with Gasteiger partial charge in [0.05, 0.1) is 12.7 Å². The highest BCUT2D eigenvalue weighted by atomic mass is 16.5. The highest BCUT2D eigenvalue weighted by Gasteiger charge is 2.16. The first-order chi connectivity index (χ1) is 7.54.